The summed E-state index contributed by atoms with van der Waals surface area (Å²) in [6, 6.07) is 0. The molecule has 0 aliphatic rings. The first kappa shape index (κ1) is 46.5. The van der Waals surface area contributed by atoms with Crippen molar-refractivity contribution in [1.29, 1.82) is 0 Å². The molecule has 0 aliphatic heterocycles. The van der Waals surface area contributed by atoms with Crippen LogP contribution in [-0.2, 0) is 4.79 Å². The summed E-state index contributed by atoms with van der Waals surface area (Å²) in [5, 5.41) is 26.5. The molecule has 0 amide bonds. The van der Waals surface area contributed by atoms with Crippen LogP contribution in [0.15, 0.2) is 0 Å². The maximum absolute atomic E-state index is 10.3. The Morgan fingerprint density at radius 1 is 0.378 bits per heavy atom. The number of aliphatic hydroxyl groups excluding tert-OH is 2. The van der Waals surface area contributed by atoms with Gasteiger partial charge in [0.1, 0.15) is 0 Å². The van der Waals surface area contributed by atoms with Crippen molar-refractivity contribution in [2.24, 2.45) is 0 Å². The average molecular weight is 642 g/mol. The molecule has 0 aromatic rings. The summed E-state index contributed by atoms with van der Waals surface area (Å²) >= 11 is 0. The molecule has 0 spiro atoms. The molecule has 45 heavy (non-hydrogen) atoms. The Hall–Kier alpha value is -0.650. The smallest absolute Gasteiger partial charge is 0.303 e. The lowest BCUT2D eigenvalue weighted by atomic mass is 10.0. The normalized spacial score (nSPS) is 11.2. The quantitative estimate of drug-likeness (QED) is 0.0588. The van der Waals surface area contributed by atoms with E-state index in [1.807, 2.05) is 0 Å². The predicted molar refractivity (Wildman–Crippen MR) is 197 cm³/mol. The first-order valence-electron chi connectivity index (χ1n) is 20.3. The molecule has 0 bridgehead atoms. The molecule has 0 aliphatic carbocycles. The van der Waals surface area contributed by atoms with E-state index in [4.69, 9.17) is 15.3 Å². The van der Waals surface area contributed by atoms with Crippen LogP contribution in [0, 0.1) is 0 Å². The van der Waals surface area contributed by atoms with E-state index in [0.717, 1.165) is 19.4 Å². The van der Waals surface area contributed by atoms with Gasteiger partial charge in [0.05, 0.1) is 13.2 Å². The second-order valence-corrected chi connectivity index (χ2v) is 13.7. The standard InChI is InChI=1S/C26H55NO2.C14H28O2/c1-2-3-4-5-6-7-8-9-10-11-12-13-14-15-16-17-18-19-20-21-22-27(23-25-28)24-26-29;1-2-3-4-5-6-7-8-9-10-11-12-13-14(15)16/h28-29H,2-26H2,1H3;2-13H2,1H3,(H,15,16). The second-order valence-electron chi connectivity index (χ2n) is 13.7. The van der Waals surface area contributed by atoms with Gasteiger partial charge in [0.15, 0.2) is 0 Å². The Morgan fingerprint density at radius 3 is 0.867 bits per heavy atom. The fraction of sp³-hybridized carbons (Fsp3) is 0.975. The predicted octanol–water partition coefficient (Wildman–Crippen LogP) is 11.9. The number of carboxylic acid groups (broad SMARTS) is 1. The van der Waals surface area contributed by atoms with Crippen molar-refractivity contribution in [3.8, 4) is 0 Å². The first-order valence-corrected chi connectivity index (χ1v) is 20.3. The monoisotopic (exact) mass is 642 g/mol. The number of carboxylic acids is 1. The number of carbonyl (C=O) groups is 1. The topological polar surface area (TPSA) is 81.0 Å². The van der Waals surface area contributed by atoms with Gasteiger partial charge >= 0.3 is 5.97 Å². The van der Waals surface area contributed by atoms with Crippen molar-refractivity contribution in [2.75, 3.05) is 32.8 Å². The highest BCUT2D eigenvalue weighted by Gasteiger charge is 2.03. The summed E-state index contributed by atoms with van der Waals surface area (Å²) in [6.45, 7) is 7.33. The average Bonchev–Trinajstić information content (AvgIpc) is 3.03. The molecule has 5 nitrogen and oxygen atoms in total. The Morgan fingerprint density at radius 2 is 0.622 bits per heavy atom. The maximum atomic E-state index is 10.3. The molecule has 0 radical (unpaired) electrons. The molecule has 5 heteroatoms. The Labute approximate surface area is 282 Å². The van der Waals surface area contributed by atoms with E-state index in [-0.39, 0.29) is 13.2 Å². The fourth-order valence-electron chi connectivity index (χ4n) is 6.15. The van der Waals surface area contributed by atoms with Gasteiger partial charge in [-0.3, -0.25) is 9.69 Å². The van der Waals surface area contributed by atoms with E-state index >= 15 is 0 Å². The number of hydrogen-bond donors (Lipinski definition) is 3. The zero-order valence-corrected chi connectivity index (χ0v) is 30.9. The van der Waals surface area contributed by atoms with E-state index < -0.39 is 5.97 Å². The minimum Gasteiger partial charge on any atom is -0.481 e. The van der Waals surface area contributed by atoms with Crippen LogP contribution in [0.25, 0.3) is 0 Å². The van der Waals surface area contributed by atoms with Crippen LogP contribution in [0.3, 0.4) is 0 Å². The molecule has 0 saturated carbocycles. The fourth-order valence-corrected chi connectivity index (χ4v) is 6.15. The molecule has 0 aromatic carbocycles. The molecule has 0 heterocycles. The van der Waals surface area contributed by atoms with Crippen molar-refractivity contribution < 1.29 is 20.1 Å². The van der Waals surface area contributed by atoms with E-state index in [0.29, 0.717) is 19.5 Å². The third-order valence-corrected chi connectivity index (χ3v) is 9.15. The van der Waals surface area contributed by atoms with Gasteiger partial charge in [0, 0.05) is 19.5 Å². The van der Waals surface area contributed by atoms with Crippen LogP contribution < -0.4 is 0 Å². The first-order chi connectivity index (χ1) is 22.1. The molecule has 272 valence electrons. The minimum atomic E-state index is -0.657. The zero-order valence-electron chi connectivity index (χ0n) is 30.9. The van der Waals surface area contributed by atoms with Gasteiger partial charge in [-0.25, -0.2) is 0 Å². The van der Waals surface area contributed by atoms with Crippen molar-refractivity contribution in [1.82, 2.24) is 4.90 Å². The van der Waals surface area contributed by atoms with Gasteiger partial charge in [-0.2, -0.15) is 0 Å². The Bertz CT molecular complexity index is 524. The van der Waals surface area contributed by atoms with Crippen molar-refractivity contribution >= 4 is 5.97 Å². The minimum absolute atomic E-state index is 0.194. The van der Waals surface area contributed by atoms with Gasteiger partial charge in [0.25, 0.3) is 0 Å². The lowest BCUT2D eigenvalue weighted by molar-refractivity contribution is -0.137. The van der Waals surface area contributed by atoms with Crippen LogP contribution in [0.4, 0.5) is 0 Å². The highest BCUT2D eigenvalue weighted by Crippen LogP contribution is 2.15. The van der Waals surface area contributed by atoms with Crippen LogP contribution in [0.2, 0.25) is 0 Å². The van der Waals surface area contributed by atoms with Crippen LogP contribution in [-0.4, -0.2) is 59.0 Å². The molecule has 0 unspecified atom stereocenters. The summed E-state index contributed by atoms with van der Waals surface area (Å²) < 4.78 is 0. The lowest BCUT2D eigenvalue weighted by Crippen LogP contribution is -2.30. The zero-order chi connectivity index (χ0) is 33.3. The largest absolute Gasteiger partial charge is 0.481 e. The molecular weight excluding hydrogens is 558 g/mol. The summed E-state index contributed by atoms with van der Waals surface area (Å²) in [6.07, 6.45) is 42.6. The molecule has 0 saturated heterocycles. The lowest BCUT2D eigenvalue weighted by Gasteiger charge is -2.19. The second kappa shape index (κ2) is 43.4. The molecule has 3 N–H and O–H groups in total. The van der Waals surface area contributed by atoms with Crippen LogP contribution in [0.1, 0.15) is 219 Å². The van der Waals surface area contributed by atoms with E-state index in [2.05, 4.69) is 18.7 Å². The molecule has 0 fully saturated rings. The van der Waals surface area contributed by atoms with Gasteiger partial charge < -0.3 is 15.3 Å². The summed E-state index contributed by atoms with van der Waals surface area (Å²) in [4.78, 5) is 12.4. The maximum Gasteiger partial charge on any atom is 0.303 e. The molecule has 0 rings (SSSR count). The number of hydrogen-bond acceptors (Lipinski definition) is 4. The van der Waals surface area contributed by atoms with Gasteiger partial charge in [-0.1, -0.05) is 200 Å². The van der Waals surface area contributed by atoms with Crippen molar-refractivity contribution in [3.63, 3.8) is 0 Å². The molecule has 0 atom stereocenters. The van der Waals surface area contributed by atoms with Gasteiger partial charge in [0.2, 0.25) is 0 Å². The van der Waals surface area contributed by atoms with Crippen molar-refractivity contribution in [3.05, 3.63) is 0 Å². The highest BCUT2D eigenvalue weighted by atomic mass is 16.4. The Kier molecular flexibility index (Phi) is 44.8. The Balaban J connectivity index is 0. The molecule has 0 aromatic heterocycles. The van der Waals surface area contributed by atoms with Crippen molar-refractivity contribution in [2.45, 2.75) is 219 Å². The summed E-state index contributed by atoms with van der Waals surface area (Å²) in [5.41, 5.74) is 0. The number of rotatable bonds is 37. The third kappa shape index (κ3) is 45.5. The number of nitrogens with zero attached hydrogens (tertiary/aromatic N) is 1. The summed E-state index contributed by atoms with van der Waals surface area (Å²) in [7, 11) is 0. The highest BCUT2D eigenvalue weighted by molar-refractivity contribution is 5.66. The number of aliphatic carboxylic acids is 1. The molecular formula is C40H83NO4. The SMILES string of the molecule is CCCCCCCCCCCCCC(=O)O.CCCCCCCCCCCCCCCCCCCCCCN(CCO)CCO. The van der Waals surface area contributed by atoms with E-state index in [1.165, 1.54) is 186 Å². The third-order valence-electron chi connectivity index (χ3n) is 9.15. The van der Waals surface area contributed by atoms with Crippen LogP contribution >= 0.6 is 0 Å². The number of aliphatic hydroxyl groups is 2. The van der Waals surface area contributed by atoms with Gasteiger partial charge in [-0.15, -0.1) is 0 Å². The van der Waals surface area contributed by atoms with Gasteiger partial charge in [-0.05, 0) is 19.4 Å². The summed E-state index contributed by atoms with van der Waals surface area (Å²) in [5.74, 6) is -0.657. The van der Waals surface area contributed by atoms with E-state index in [1.54, 1.807) is 0 Å². The van der Waals surface area contributed by atoms with Crippen LogP contribution in [0.5, 0.6) is 0 Å². The van der Waals surface area contributed by atoms with E-state index in [9.17, 15) is 4.79 Å². The number of unbranched alkanes of at least 4 members (excludes halogenated alkanes) is 29.